The average molecular weight is 445 g/mol. The van der Waals surface area contributed by atoms with Gasteiger partial charge in [-0.15, -0.1) is 0 Å². The van der Waals surface area contributed by atoms with Gasteiger partial charge in [-0.1, -0.05) is 54.1 Å². The van der Waals surface area contributed by atoms with Crippen molar-refractivity contribution >= 4 is 16.8 Å². The molecule has 33 heavy (non-hydrogen) atoms. The molecule has 5 rings (SSSR count). The zero-order valence-electron chi connectivity index (χ0n) is 19.3. The summed E-state index contributed by atoms with van der Waals surface area (Å²) in [5.41, 5.74) is 4.06. The second-order valence-corrected chi connectivity index (χ2v) is 9.45. The van der Waals surface area contributed by atoms with E-state index in [0.29, 0.717) is 39.5 Å². The molecule has 2 aliphatic rings. The quantitative estimate of drug-likeness (QED) is 0.602. The molecule has 0 bridgehead atoms. The monoisotopic (exact) mass is 444 g/mol. The van der Waals surface area contributed by atoms with E-state index >= 15 is 0 Å². The zero-order chi connectivity index (χ0) is 22.7. The summed E-state index contributed by atoms with van der Waals surface area (Å²) in [4.78, 5) is 20.8. The van der Waals surface area contributed by atoms with Crippen molar-refractivity contribution in [3.63, 3.8) is 0 Å². The molecule has 0 unspecified atom stereocenters. The lowest BCUT2D eigenvalue weighted by molar-refractivity contribution is -0.141. The molecule has 1 amide bonds. The van der Waals surface area contributed by atoms with Gasteiger partial charge in [0.25, 0.3) is 0 Å². The number of fused-ring (bicyclic) bond motifs is 1. The van der Waals surface area contributed by atoms with Crippen LogP contribution in [0.25, 0.3) is 10.9 Å². The Morgan fingerprint density at radius 2 is 1.88 bits per heavy atom. The van der Waals surface area contributed by atoms with Crippen molar-refractivity contribution < 1.29 is 14.3 Å². The van der Waals surface area contributed by atoms with E-state index in [1.807, 2.05) is 12.3 Å². The number of aromatic nitrogens is 1. The number of amides is 1. The van der Waals surface area contributed by atoms with Gasteiger partial charge in [0.05, 0.1) is 24.1 Å². The Balaban J connectivity index is 1.41. The van der Waals surface area contributed by atoms with Gasteiger partial charge in [-0.2, -0.15) is 0 Å². The SMILES string of the molecule is Cc1cccc(C2(C(=O)N3CCOC[C@@H](Cc4cccc5cccnc45)C3)CCOCC2)c1. The Kier molecular flexibility index (Phi) is 6.43. The van der Waals surface area contributed by atoms with Gasteiger partial charge in [0.2, 0.25) is 5.91 Å². The molecule has 0 radical (unpaired) electrons. The highest BCUT2D eigenvalue weighted by molar-refractivity contribution is 5.88. The number of ether oxygens (including phenoxy) is 2. The molecule has 5 nitrogen and oxygen atoms in total. The second kappa shape index (κ2) is 9.62. The predicted molar refractivity (Wildman–Crippen MR) is 129 cm³/mol. The van der Waals surface area contributed by atoms with Crippen LogP contribution in [-0.4, -0.2) is 55.3 Å². The first-order valence-corrected chi connectivity index (χ1v) is 12.0. The number of aryl methyl sites for hydroxylation is 1. The molecule has 3 heterocycles. The van der Waals surface area contributed by atoms with E-state index in [4.69, 9.17) is 9.47 Å². The van der Waals surface area contributed by atoms with Crippen molar-refractivity contribution in [2.24, 2.45) is 5.92 Å². The van der Waals surface area contributed by atoms with Crippen LogP contribution in [-0.2, 0) is 26.1 Å². The van der Waals surface area contributed by atoms with Crippen LogP contribution in [0.15, 0.2) is 60.8 Å². The first-order chi connectivity index (χ1) is 16.2. The summed E-state index contributed by atoms with van der Waals surface area (Å²) in [6, 6.07) is 18.9. The summed E-state index contributed by atoms with van der Waals surface area (Å²) in [7, 11) is 0. The fraction of sp³-hybridized carbons (Fsp3) is 0.429. The molecule has 2 aliphatic heterocycles. The van der Waals surface area contributed by atoms with Crippen molar-refractivity contribution in [2.45, 2.75) is 31.6 Å². The van der Waals surface area contributed by atoms with E-state index < -0.39 is 5.41 Å². The van der Waals surface area contributed by atoms with Gasteiger partial charge < -0.3 is 14.4 Å². The maximum atomic E-state index is 14.2. The maximum absolute atomic E-state index is 14.2. The lowest BCUT2D eigenvalue weighted by atomic mass is 9.72. The molecule has 172 valence electrons. The molecule has 0 N–H and O–H groups in total. The number of benzene rings is 2. The van der Waals surface area contributed by atoms with Crippen molar-refractivity contribution in [3.05, 3.63) is 77.5 Å². The first kappa shape index (κ1) is 22.1. The summed E-state index contributed by atoms with van der Waals surface area (Å²) < 4.78 is 11.7. The second-order valence-electron chi connectivity index (χ2n) is 9.45. The van der Waals surface area contributed by atoms with Crippen LogP contribution in [0, 0.1) is 12.8 Å². The molecule has 0 aliphatic carbocycles. The van der Waals surface area contributed by atoms with Crippen molar-refractivity contribution in [1.82, 2.24) is 9.88 Å². The van der Waals surface area contributed by atoms with Crippen LogP contribution in [0.4, 0.5) is 0 Å². The van der Waals surface area contributed by atoms with Crippen LogP contribution < -0.4 is 0 Å². The Hall–Kier alpha value is -2.76. The maximum Gasteiger partial charge on any atom is 0.233 e. The number of nitrogens with zero attached hydrogens (tertiary/aromatic N) is 2. The van der Waals surface area contributed by atoms with E-state index in [2.05, 4.69) is 65.3 Å². The average Bonchev–Trinajstić information content (AvgIpc) is 3.10. The Labute approximate surface area is 195 Å². The van der Waals surface area contributed by atoms with Gasteiger partial charge in [0.1, 0.15) is 0 Å². The highest BCUT2D eigenvalue weighted by Crippen LogP contribution is 2.38. The molecule has 0 spiro atoms. The van der Waals surface area contributed by atoms with Gasteiger partial charge in [-0.3, -0.25) is 9.78 Å². The Morgan fingerprint density at radius 1 is 1.06 bits per heavy atom. The molecular weight excluding hydrogens is 412 g/mol. The van der Waals surface area contributed by atoms with Crippen molar-refractivity contribution in [3.8, 4) is 0 Å². The molecule has 3 aromatic rings. The largest absolute Gasteiger partial charge is 0.381 e. The normalized spacial score (nSPS) is 21.0. The Morgan fingerprint density at radius 3 is 2.73 bits per heavy atom. The lowest BCUT2D eigenvalue weighted by Crippen LogP contribution is -2.51. The minimum atomic E-state index is -0.514. The van der Waals surface area contributed by atoms with Crippen molar-refractivity contribution in [2.75, 3.05) is 39.5 Å². The third-order valence-electron chi connectivity index (χ3n) is 7.18. The molecule has 2 saturated heterocycles. The number of para-hydroxylation sites is 1. The summed E-state index contributed by atoms with van der Waals surface area (Å²) >= 11 is 0. The molecule has 5 heteroatoms. The number of hydrogen-bond donors (Lipinski definition) is 0. The summed E-state index contributed by atoms with van der Waals surface area (Å²) in [6.07, 6.45) is 4.15. The van der Waals surface area contributed by atoms with Gasteiger partial charge >= 0.3 is 0 Å². The molecule has 2 aromatic carbocycles. The molecular formula is C28H32N2O3. The van der Waals surface area contributed by atoms with E-state index in [1.54, 1.807) is 0 Å². The van der Waals surface area contributed by atoms with Gasteiger partial charge in [0.15, 0.2) is 0 Å². The van der Waals surface area contributed by atoms with E-state index in [1.165, 1.54) is 11.1 Å². The topological polar surface area (TPSA) is 51.7 Å². The first-order valence-electron chi connectivity index (χ1n) is 12.0. The van der Waals surface area contributed by atoms with Crippen molar-refractivity contribution in [1.29, 1.82) is 0 Å². The fourth-order valence-electron chi connectivity index (χ4n) is 5.42. The Bertz CT molecular complexity index is 1120. The summed E-state index contributed by atoms with van der Waals surface area (Å²) in [5, 5.41) is 1.15. The van der Waals surface area contributed by atoms with Crippen LogP contribution in [0.3, 0.4) is 0 Å². The standard InChI is InChI=1S/C28H32N2O3/c1-21-5-2-9-25(17-21)28(10-14-32-15-11-28)27(31)30-13-16-33-20-22(19-30)18-24-7-3-6-23-8-4-12-29-26(23)24/h2-9,12,17,22H,10-11,13-16,18-20H2,1H3/t22-/m0/s1. The smallest absolute Gasteiger partial charge is 0.233 e. The van der Waals surface area contributed by atoms with Gasteiger partial charge in [-0.25, -0.2) is 0 Å². The molecule has 1 atom stereocenters. The fourth-order valence-corrected chi connectivity index (χ4v) is 5.42. The lowest BCUT2D eigenvalue weighted by Gasteiger charge is -2.40. The van der Waals surface area contributed by atoms with Crippen LogP contribution >= 0.6 is 0 Å². The number of hydrogen-bond acceptors (Lipinski definition) is 4. The molecule has 1 aromatic heterocycles. The van der Waals surface area contributed by atoms with Crippen LogP contribution in [0.1, 0.15) is 29.5 Å². The summed E-state index contributed by atoms with van der Waals surface area (Å²) in [6.45, 7) is 5.91. The van der Waals surface area contributed by atoms with E-state index in [0.717, 1.165) is 35.7 Å². The van der Waals surface area contributed by atoms with Gasteiger partial charge in [0, 0.05) is 43.8 Å². The number of carbonyl (C=O) groups excluding carboxylic acids is 1. The third-order valence-corrected chi connectivity index (χ3v) is 7.18. The highest BCUT2D eigenvalue weighted by Gasteiger charge is 2.44. The number of pyridine rings is 1. The minimum absolute atomic E-state index is 0.225. The minimum Gasteiger partial charge on any atom is -0.381 e. The highest BCUT2D eigenvalue weighted by atomic mass is 16.5. The third kappa shape index (κ3) is 4.53. The number of carbonyl (C=O) groups is 1. The number of rotatable bonds is 4. The zero-order valence-corrected chi connectivity index (χ0v) is 19.3. The van der Waals surface area contributed by atoms with E-state index in [9.17, 15) is 4.79 Å². The van der Waals surface area contributed by atoms with E-state index in [-0.39, 0.29) is 11.8 Å². The van der Waals surface area contributed by atoms with Crippen LogP contribution in [0.2, 0.25) is 0 Å². The van der Waals surface area contributed by atoms with Crippen LogP contribution in [0.5, 0.6) is 0 Å². The molecule has 0 saturated carbocycles. The summed E-state index contributed by atoms with van der Waals surface area (Å²) in [5.74, 6) is 0.460. The predicted octanol–water partition coefficient (Wildman–Crippen LogP) is 4.31. The molecule has 2 fully saturated rings. The van der Waals surface area contributed by atoms with Gasteiger partial charge in [-0.05, 0) is 43.4 Å².